The minimum absolute atomic E-state index is 0.0582. The van der Waals surface area contributed by atoms with Crippen molar-refractivity contribution < 1.29 is 8.42 Å². The van der Waals surface area contributed by atoms with Gasteiger partial charge in [0.1, 0.15) is 0 Å². The molecule has 2 nitrogen and oxygen atoms in total. The molecule has 90 valence electrons. The maximum absolute atomic E-state index is 11.9. The summed E-state index contributed by atoms with van der Waals surface area (Å²) >= 11 is 11.3. The Bertz CT molecular complexity index is 454. The van der Waals surface area contributed by atoms with E-state index in [0.29, 0.717) is 11.0 Å². The minimum Gasteiger partial charge on any atom is -0.220 e. The molecule has 0 radical (unpaired) electrons. The van der Waals surface area contributed by atoms with Gasteiger partial charge in [-0.1, -0.05) is 42.3 Å². The van der Waals surface area contributed by atoms with Crippen LogP contribution in [0.25, 0.3) is 0 Å². The van der Waals surface area contributed by atoms with Crippen molar-refractivity contribution in [1.29, 1.82) is 0 Å². The highest BCUT2D eigenvalue weighted by Crippen LogP contribution is 2.45. The lowest BCUT2D eigenvalue weighted by atomic mass is 10.2. The van der Waals surface area contributed by atoms with Crippen molar-refractivity contribution in [1.82, 2.24) is 0 Å². The van der Waals surface area contributed by atoms with Gasteiger partial charge in [-0.05, 0) is 34.8 Å². The van der Waals surface area contributed by atoms with E-state index in [-0.39, 0.29) is 4.90 Å². The topological polar surface area (TPSA) is 34.1 Å². The van der Waals surface area contributed by atoms with Crippen molar-refractivity contribution in [2.24, 2.45) is 0 Å². The molecule has 16 heavy (non-hydrogen) atoms. The lowest BCUT2D eigenvalue weighted by Crippen LogP contribution is -2.21. The van der Waals surface area contributed by atoms with Gasteiger partial charge in [-0.25, -0.2) is 8.42 Å². The van der Waals surface area contributed by atoms with Crippen molar-refractivity contribution in [2.45, 2.75) is 21.2 Å². The molecule has 0 aliphatic rings. The molecular weight excluding hydrogens is 311 g/mol. The van der Waals surface area contributed by atoms with Crippen molar-refractivity contribution in [3.63, 3.8) is 0 Å². The van der Waals surface area contributed by atoms with Gasteiger partial charge in [0.2, 0.25) is 9.84 Å². The Labute approximate surface area is 114 Å². The number of sulfone groups is 1. The van der Waals surface area contributed by atoms with Gasteiger partial charge in [0, 0.05) is 11.0 Å². The van der Waals surface area contributed by atoms with E-state index in [0.717, 1.165) is 12.0 Å². The Morgan fingerprint density at radius 3 is 2.12 bits per heavy atom. The Morgan fingerprint density at radius 2 is 1.75 bits per heavy atom. The van der Waals surface area contributed by atoms with Crippen LogP contribution in [0.3, 0.4) is 0 Å². The van der Waals surface area contributed by atoms with Crippen LogP contribution in [0.2, 0.25) is 0 Å². The van der Waals surface area contributed by atoms with Gasteiger partial charge in [0.05, 0.1) is 4.90 Å². The molecule has 1 rings (SSSR count). The van der Waals surface area contributed by atoms with Crippen LogP contribution < -0.4 is 0 Å². The molecule has 0 saturated carbocycles. The van der Waals surface area contributed by atoms with E-state index in [1.54, 1.807) is 12.1 Å². The summed E-state index contributed by atoms with van der Waals surface area (Å²) in [6.45, 7) is 1.98. The zero-order valence-corrected chi connectivity index (χ0v) is 12.2. The van der Waals surface area contributed by atoms with Crippen LogP contribution in [0.5, 0.6) is 0 Å². The maximum Gasteiger partial charge on any atom is 0.282 e. The van der Waals surface area contributed by atoms with Gasteiger partial charge >= 0.3 is 0 Å². The second-order valence-electron chi connectivity index (χ2n) is 3.04. The monoisotopic (exact) mass is 318 g/mol. The van der Waals surface area contributed by atoms with Crippen LogP contribution in [0.15, 0.2) is 29.2 Å². The third-order valence-corrected chi connectivity index (χ3v) is 7.78. The lowest BCUT2D eigenvalue weighted by Gasteiger charge is -2.15. The third kappa shape index (κ3) is 2.79. The highest BCUT2D eigenvalue weighted by molar-refractivity contribution is 8.31. The van der Waals surface area contributed by atoms with Gasteiger partial charge in [-0.3, -0.25) is 0 Å². The average Bonchev–Trinajstić information content (AvgIpc) is 2.29. The van der Waals surface area contributed by atoms with Gasteiger partial charge in [0.15, 0.2) is 0 Å². The molecule has 0 saturated heterocycles. The Kier molecular flexibility index (Phi) is 4.84. The predicted octanol–water partition coefficient (Wildman–Crippen LogP) is 4.00. The second-order valence-corrected chi connectivity index (χ2v) is 8.84. The van der Waals surface area contributed by atoms with Gasteiger partial charge in [-0.2, -0.15) is 0 Å². The summed E-state index contributed by atoms with van der Waals surface area (Å²) in [5.41, 5.74) is 1.03. The highest BCUT2D eigenvalue weighted by Gasteiger charge is 2.42. The summed E-state index contributed by atoms with van der Waals surface area (Å²) in [7, 11) is 1.86. The number of alkyl halides is 2. The number of halogens is 3. The first-order valence-electron chi connectivity index (χ1n) is 4.36. The molecule has 0 bridgehead atoms. The number of rotatable bonds is 4. The second kappa shape index (κ2) is 5.36. The van der Waals surface area contributed by atoms with Crippen LogP contribution in [0.1, 0.15) is 12.5 Å². The Hall–Kier alpha value is 0.390. The molecule has 1 aromatic rings. The highest BCUT2D eigenvalue weighted by atomic mass is 35.7. The molecular formula is C9H9Cl3O2S2. The summed E-state index contributed by atoms with van der Waals surface area (Å²) in [5.74, 6) is 0. The van der Waals surface area contributed by atoms with E-state index in [1.165, 1.54) is 12.1 Å². The summed E-state index contributed by atoms with van der Waals surface area (Å²) < 4.78 is 21.8. The van der Waals surface area contributed by atoms with E-state index in [2.05, 4.69) is 0 Å². The van der Waals surface area contributed by atoms with E-state index in [4.69, 9.17) is 33.9 Å². The predicted molar refractivity (Wildman–Crippen MR) is 70.9 cm³/mol. The fourth-order valence-corrected chi connectivity index (χ4v) is 3.75. The fraction of sp³-hybridized carbons (Fsp3) is 0.333. The molecule has 0 aromatic heterocycles. The summed E-state index contributed by atoms with van der Waals surface area (Å²) in [5, 5.41) is 0. The SMILES string of the molecule is CCc1ccc(S(=O)(=O)C(Cl)(Cl)SCl)cc1. The van der Waals surface area contributed by atoms with Crippen molar-refractivity contribution in [2.75, 3.05) is 0 Å². The molecule has 1 aromatic carbocycles. The summed E-state index contributed by atoms with van der Waals surface area (Å²) in [4.78, 5) is 0.0582. The van der Waals surface area contributed by atoms with Crippen molar-refractivity contribution in [3.05, 3.63) is 29.8 Å². The molecule has 0 atom stereocenters. The third-order valence-electron chi connectivity index (χ3n) is 2.04. The molecule has 0 aliphatic carbocycles. The largest absolute Gasteiger partial charge is 0.282 e. The van der Waals surface area contributed by atoms with Crippen molar-refractivity contribution >= 4 is 54.7 Å². The number of hydrogen-bond donors (Lipinski definition) is 0. The Balaban J connectivity index is 3.18. The zero-order chi connectivity index (χ0) is 12.4. The first-order valence-corrected chi connectivity index (χ1v) is 8.24. The molecule has 0 heterocycles. The van der Waals surface area contributed by atoms with Gasteiger partial charge in [-0.15, -0.1) is 0 Å². The standard InChI is InChI=1S/C9H9Cl3O2S2/c1-2-7-3-5-8(6-4-7)16(13,14)9(10,11)15-12/h3-6H,2H2,1H3. The molecule has 7 heteroatoms. The minimum atomic E-state index is -3.85. The molecule has 0 aliphatic heterocycles. The van der Waals surface area contributed by atoms with Crippen molar-refractivity contribution in [3.8, 4) is 0 Å². The van der Waals surface area contributed by atoms with E-state index < -0.39 is 12.8 Å². The van der Waals surface area contributed by atoms with Crippen LogP contribution in [0.4, 0.5) is 0 Å². The zero-order valence-electron chi connectivity index (χ0n) is 8.28. The maximum atomic E-state index is 11.9. The molecule has 0 N–H and O–H groups in total. The first-order chi connectivity index (χ1) is 7.35. The van der Waals surface area contributed by atoms with Crippen LogP contribution in [-0.2, 0) is 16.3 Å². The van der Waals surface area contributed by atoms with E-state index in [1.807, 2.05) is 6.92 Å². The smallest absolute Gasteiger partial charge is 0.220 e. The van der Waals surface area contributed by atoms with E-state index in [9.17, 15) is 8.42 Å². The quantitative estimate of drug-likeness (QED) is 0.787. The van der Waals surface area contributed by atoms with Crippen LogP contribution in [0, 0.1) is 0 Å². The number of benzene rings is 1. The molecule has 0 amide bonds. The molecule has 0 spiro atoms. The molecule has 0 fully saturated rings. The first kappa shape index (κ1) is 14.5. The van der Waals surface area contributed by atoms with Crippen LogP contribution >= 0.6 is 44.9 Å². The molecule has 0 unspecified atom stereocenters. The van der Waals surface area contributed by atoms with Gasteiger partial charge < -0.3 is 0 Å². The summed E-state index contributed by atoms with van der Waals surface area (Å²) in [6.07, 6.45) is 0.831. The van der Waals surface area contributed by atoms with E-state index >= 15 is 0 Å². The normalized spacial score (nSPS) is 12.8. The fourth-order valence-electron chi connectivity index (χ4n) is 1.08. The van der Waals surface area contributed by atoms with Gasteiger partial charge in [0.25, 0.3) is 3.00 Å². The Morgan fingerprint density at radius 1 is 1.25 bits per heavy atom. The summed E-state index contributed by atoms with van der Waals surface area (Å²) in [6, 6.07) is 6.38. The number of aryl methyl sites for hydroxylation is 1. The number of hydrogen-bond acceptors (Lipinski definition) is 3. The van der Waals surface area contributed by atoms with Crippen LogP contribution in [-0.4, -0.2) is 11.4 Å². The lowest BCUT2D eigenvalue weighted by molar-refractivity contribution is 0.597. The average molecular weight is 320 g/mol.